The zero-order chi connectivity index (χ0) is 12.5. The summed E-state index contributed by atoms with van der Waals surface area (Å²) in [7, 11) is 0. The molecule has 3 nitrogen and oxygen atoms in total. The van der Waals surface area contributed by atoms with Gasteiger partial charge in [0.15, 0.2) is 0 Å². The van der Waals surface area contributed by atoms with Crippen molar-refractivity contribution >= 4 is 29.0 Å². The topological polar surface area (TPSA) is 25.4 Å². The van der Waals surface area contributed by atoms with E-state index in [1.54, 1.807) is 6.20 Å². The third kappa shape index (κ3) is 2.20. The van der Waals surface area contributed by atoms with Crippen LogP contribution in [0.2, 0.25) is 5.02 Å². The van der Waals surface area contributed by atoms with Crippen LogP contribution in [0.25, 0.3) is 0 Å². The standard InChI is InChI=1S/C13H16Cl2N2O/c14-7-9-6-13(16-8-10(9)15)17-4-5-18-12-3-1-2-11(12)17/h6,8,11-12H,1-5,7H2. The van der Waals surface area contributed by atoms with Gasteiger partial charge in [-0.05, 0) is 30.9 Å². The molecule has 2 unspecified atom stereocenters. The van der Waals surface area contributed by atoms with Crippen LogP contribution in [0.5, 0.6) is 0 Å². The Hall–Kier alpha value is -0.510. The Labute approximate surface area is 117 Å². The maximum Gasteiger partial charge on any atom is 0.129 e. The number of pyridine rings is 1. The molecule has 0 spiro atoms. The van der Waals surface area contributed by atoms with Gasteiger partial charge in [0.05, 0.1) is 23.8 Å². The quantitative estimate of drug-likeness (QED) is 0.781. The minimum atomic E-state index is 0.371. The molecule has 2 atom stereocenters. The molecule has 0 bridgehead atoms. The Morgan fingerprint density at radius 2 is 2.33 bits per heavy atom. The van der Waals surface area contributed by atoms with E-state index in [0.717, 1.165) is 31.0 Å². The zero-order valence-electron chi connectivity index (χ0n) is 10.1. The Morgan fingerprint density at radius 1 is 1.44 bits per heavy atom. The van der Waals surface area contributed by atoms with Gasteiger partial charge in [0.1, 0.15) is 5.82 Å². The summed E-state index contributed by atoms with van der Waals surface area (Å²) in [6.45, 7) is 1.68. The van der Waals surface area contributed by atoms with Crippen molar-refractivity contribution in [3.8, 4) is 0 Å². The van der Waals surface area contributed by atoms with E-state index in [-0.39, 0.29) is 0 Å². The summed E-state index contributed by atoms with van der Waals surface area (Å²) in [6.07, 6.45) is 5.66. The van der Waals surface area contributed by atoms with Gasteiger partial charge in [0.25, 0.3) is 0 Å². The van der Waals surface area contributed by atoms with E-state index in [2.05, 4.69) is 9.88 Å². The molecule has 2 heterocycles. The van der Waals surface area contributed by atoms with Crippen molar-refractivity contribution in [3.63, 3.8) is 0 Å². The van der Waals surface area contributed by atoms with Crippen LogP contribution >= 0.6 is 23.2 Å². The number of nitrogens with zero attached hydrogens (tertiary/aromatic N) is 2. The fraction of sp³-hybridized carbons (Fsp3) is 0.615. The van der Waals surface area contributed by atoms with Gasteiger partial charge in [-0.3, -0.25) is 0 Å². The molecular formula is C13H16Cl2N2O. The first kappa shape index (κ1) is 12.5. The average Bonchev–Trinajstić information content (AvgIpc) is 2.87. The molecule has 1 aliphatic carbocycles. The highest BCUT2D eigenvalue weighted by atomic mass is 35.5. The molecule has 1 saturated carbocycles. The number of alkyl halides is 1. The number of rotatable bonds is 2. The van der Waals surface area contributed by atoms with Crippen LogP contribution < -0.4 is 4.90 Å². The number of hydrogen-bond donors (Lipinski definition) is 0. The number of halogens is 2. The van der Waals surface area contributed by atoms with E-state index in [9.17, 15) is 0 Å². The molecule has 0 aromatic carbocycles. The Morgan fingerprint density at radius 3 is 3.17 bits per heavy atom. The van der Waals surface area contributed by atoms with Crippen molar-refractivity contribution in [2.45, 2.75) is 37.3 Å². The van der Waals surface area contributed by atoms with Gasteiger partial charge in [-0.2, -0.15) is 0 Å². The molecule has 18 heavy (non-hydrogen) atoms. The summed E-state index contributed by atoms with van der Waals surface area (Å²) in [5.41, 5.74) is 0.948. The van der Waals surface area contributed by atoms with Crippen LogP contribution in [0.3, 0.4) is 0 Å². The van der Waals surface area contributed by atoms with E-state index >= 15 is 0 Å². The Kier molecular flexibility index (Phi) is 3.64. The first-order valence-corrected chi connectivity index (χ1v) is 7.29. The maximum atomic E-state index is 6.06. The van der Waals surface area contributed by atoms with Gasteiger partial charge >= 0.3 is 0 Å². The van der Waals surface area contributed by atoms with Crippen LogP contribution in [0.15, 0.2) is 12.3 Å². The highest BCUT2D eigenvalue weighted by Gasteiger charge is 2.36. The molecule has 1 aliphatic heterocycles. The molecule has 3 rings (SSSR count). The lowest BCUT2D eigenvalue weighted by atomic mass is 10.1. The number of fused-ring (bicyclic) bond motifs is 1. The van der Waals surface area contributed by atoms with Gasteiger partial charge in [-0.15, -0.1) is 11.6 Å². The molecule has 1 aromatic rings. The van der Waals surface area contributed by atoms with E-state index in [4.69, 9.17) is 27.9 Å². The van der Waals surface area contributed by atoms with Crippen LogP contribution in [0, 0.1) is 0 Å². The average molecular weight is 287 g/mol. The summed E-state index contributed by atoms with van der Waals surface area (Å²) >= 11 is 12.0. The van der Waals surface area contributed by atoms with Crippen molar-refractivity contribution in [3.05, 3.63) is 22.8 Å². The van der Waals surface area contributed by atoms with Crippen LogP contribution in [0.4, 0.5) is 5.82 Å². The summed E-state index contributed by atoms with van der Waals surface area (Å²) in [6, 6.07) is 2.48. The molecule has 2 aliphatic rings. The number of ether oxygens (including phenoxy) is 1. The summed E-state index contributed by atoms with van der Waals surface area (Å²) in [5, 5.41) is 0.644. The van der Waals surface area contributed by atoms with Crippen LogP contribution in [-0.4, -0.2) is 30.3 Å². The van der Waals surface area contributed by atoms with Gasteiger partial charge in [0, 0.05) is 18.6 Å². The van der Waals surface area contributed by atoms with Crippen LogP contribution in [-0.2, 0) is 10.6 Å². The molecule has 98 valence electrons. The lowest BCUT2D eigenvalue weighted by molar-refractivity contribution is 0.0253. The third-order valence-electron chi connectivity index (χ3n) is 3.84. The lowest BCUT2D eigenvalue weighted by Crippen LogP contribution is -2.49. The smallest absolute Gasteiger partial charge is 0.129 e. The second kappa shape index (κ2) is 5.24. The fourth-order valence-corrected chi connectivity index (χ4v) is 3.40. The normalized spacial score (nSPS) is 27.3. The molecular weight excluding hydrogens is 271 g/mol. The minimum Gasteiger partial charge on any atom is -0.374 e. The van der Waals surface area contributed by atoms with Crippen molar-refractivity contribution in [1.29, 1.82) is 0 Å². The lowest BCUT2D eigenvalue weighted by Gasteiger charge is -2.38. The molecule has 1 saturated heterocycles. The van der Waals surface area contributed by atoms with Crippen molar-refractivity contribution < 1.29 is 4.74 Å². The highest BCUT2D eigenvalue weighted by molar-refractivity contribution is 6.32. The van der Waals surface area contributed by atoms with Crippen LogP contribution in [0.1, 0.15) is 24.8 Å². The number of anilines is 1. The molecule has 2 fully saturated rings. The van der Waals surface area contributed by atoms with E-state index in [1.807, 2.05) is 6.07 Å². The van der Waals surface area contributed by atoms with E-state index in [1.165, 1.54) is 12.8 Å². The summed E-state index contributed by atoms with van der Waals surface area (Å²) in [5.74, 6) is 1.41. The second-order valence-corrected chi connectivity index (χ2v) is 5.54. The second-order valence-electron chi connectivity index (χ2n) is 4.87. The van der Waals surface area contributed by atoms with Gasteiger partial charge < -0.3 is 9.64 Å². The van der Waals surface area contributed by atoms with Gasteiger partial charge in [0.2, 0.25) is 0 Å². The van der Waals surface area contributed by atoms with E-state index < -0.39 is 0 Å². The van der Waals surface area contributed by atoms with Crippen molar-refractivity contribution in [2.75, 3.05) is 18.1 Å². The highest BCUT2D eigenvalue weighted by Crippen LogP contribution is 2.33. The number of morpholine rings is 1. The molecule has 0 radical (unpaired) electrons. The first-order chi connectivity index (χ1) is 8.79. The molecule has 0 N–H and O–H groups in total. The molecule has 1 aromatic heterocycles. The zero-order valence-corrected chi connectivity index (χ0v) is 11.6. The third-order valence-corrected chi connectivity index (χ3v) is 4.47. The summed E-state index contributed by atoms with van der Waals surface area (Å²) < 4.78 is 5.81. The van der Waals surface area contributed by atoms with Crippen molar-refractivity contribution in [1.82, 2.24) is 4.98 Å². The van der Waals surface area contributed by atoms with Gasteiger partial charge in [-0.1, -0.05) is 11.6 Å². The monoisotopic (exact) mass is 286 g/mol. The number of aromatic nitrogens is 1. The largest absolute Gasteiger partial charge is 0.374 e. The van der Waals surface area contributed by atoms with Crippen molar-refractivity contribution in [2.24, 2.45) is 0 Å². The molecule has 0 amide bonds. The summed E-state index contributed by atoms with van der Waals surface area (Å²) in [4.78, 5) is 6.81. The first-order valence-electron chi connectivity index (χ1n) is 6.38. The fourth-order valence-electron chi connectivity index (χ4n) is 2.94. The maximum absolute atomic E-state index is 6.06. The minimum absolute atomic E-state index is 0.371. The Balaban J connectivity index is 1.89. The number of hydrogen-bond acceptors (Lipinski definition) is 3. The van der Waals surface area contributed by atoms with E-state index in [0.29, 0.717) is 23.0 Å². The Bertz CT molecular complexity index is 441. The molecule has 5 heteroatoms. The SMILES string of the molecule is ClCc1cc(N2CCOC3CCCC32)ncc1Cl. The van der Waals surface area contributed by atoms with Gasteiger partial charge in [-0.25, -0.2) is 4.98 Å². The predicted octanol–water partition coefficient (Wildman–Crippen LogP) is 3.23. The predicted molar refractivity (Wildman–Crippen MR) is 73.5 cm³/mol.